The Balaban J connectivity index is 1.72. The Morgan fingerprint density at radius 3 is 2.45 bits per heavy atom. The molecule has 6 nitrogen and oxygen atoms in total. The number of hydrogen-bond acceptors (Lipinski definition) is 5. The van der Waals surface area contributed by atoms with Crippen LogP contribution in [0.3, 0.4) is 0 Å². The van der Waals surface area contributed by atoms with Gasteiger partial charge in [0.15, 0.2) is 5.82 Å². The maximum Gasteiger partial charge on any atom is 0.223 e. The number of benzene rings is 1. The van der Waals surface area contributed by atoms with Crippen molar-refractivity contribution in [3.8, 4) is 11.4 Å². The van der Waals surface area contributed by atoms with Crippen LogP contribution in [-0.2, 0) is 0 Å². The van der Waals surface area contributed by atoms with Crippen molar-refractivity contribution >= 4 is 5.95 Å². The van der Waals surface area contributed by atoms with Crippen LogP contribution in [0.1, 0.15) is 18.5 Å². The molecule has 2 N–H and O–H groups in total. The van der Waals surface area contributed by atoms with Gasteiger partial charge >= 0.3 is 0 Å². The molecule has 2 heterocycles. The van der Waals surface area contributed by atoms with Gasteiger partial charge in [-0.2, -0.15) is 5.10 Å². The molecule has 100 valence electrons. The first-order chi connectivity index (χ1) is 9.83. The van der Waals surface area contributed by atoms with Gasteiger partial charge < -0.3 is 5.32 Å². The Hall–Kier alpha value is -2.76. The van der Waals surface area contributed by atoms with E-state index in [4.69, 9.17) is 0 Å². The first-order valence-corrected chi connectivity index (χ1v) is 6.32. The summed E-state index contributed by atoms with van der Waals surface area (Å²) in [4.78, 5) is 12.6. The van der Waals surface area contributed by atoms with Crippen molar-refractivity contribution in [2.45, 2.75) is 13.0 Å². The van der Waals surface area contributed by atoms with Gasteiger partial charge in [0.05, 0.1) is 11.6 Å². The van der Waals surface area contributed by atoms with Gasteiger partial charge in [-0.1, -0.05) is 30.3 Å². The van der Waals surface area contributed by atoms with Crippen LogP contribution in [0.5, 0.6) is 0 Å². The summed E-state index contributed by atoms with van der Waals surface area (Å²) in [6, 6.07) is 10.3. The molecule has 6 heteroatoms. The molecule has 1 aromatic carbocycles. The number of H-pyrrole nitrogens is 1. The highest BCUT2D eigenvalue weighted by molar-refractivity contribution is 5.52. The molecule has 0 bridgehead atoms. The lowest BCUT2D eigenvalue weighted by Gasteiger charge is -2.13. The monoisotopic (exact) mass is 266 g/mol. The lowest BCUT2D eigenvalue weighted by atomic mass is 10.1. The molecule has 3 rings (SSSR count). The Labute approximate surface area is 116 Å². The van der Waals surface area contributed by atoms with Crippen molar-refractivity contribution in [1.82, 2.24) is 25.1 Å². The zero-order valence-corrected chi connectivity index (χ0v) is 11.0. The SMILES string of the molecule is CC(Nc1ncc(-c2ncn[nH]2)cn1)c1ccccc1. The van der Waals surface area contributed by atoms with E-state index in [1.807, 2.05) is 18.2 Å². The molecule has 0 radical (unpaired) electrons. The fraction of sp³-hybridized carbons (Fsp3) is 0.143. The van der Waals surface area contributed by atoms with Crippen molar-refractivity contribution in [2.75, 3.05) is 5.32 Å². The zero-order valence-electron chi connectivity index (χ0n) is 11.0. The van der Waals surface area contributed by atoms with Crippen LogP contribution in [-0.4, -0.2) is 25.1 Å². The van der Waals surface area contributed by atoms with E-state index < -0.39 is 0 Å². The van der Waals surface area contributed by atoms with Gasteiger partial charge in [0.25, 0.3) is 0 Å². The van der Waals surface area contributed by atoms with Crippen LogP contribution in [0.15, 0.2) is 49.1 Å². The third kappa shape index (κ3) is 2.64. The maximum atomic E-state index is 4.29. The number of aromatic nitrogens is 5. The molecule has 0 aliphatic heterocycles. The van der Waals surface area contributed by atoms with E-state index in [0.29, 0.717) is 11.8 Å². The summed E-state index contributed by atoms with van der Waals surface area (Å²) in [6.07, 6.45) is 4.89. The molecule has 1 unspecified atom stereocenters. The average Bonchev–Trinajstić information content (AvgIpc) is 3.03. The Morgan fingerprint density at radius 2 is 1.80 bits per heavy atom. The second kappa shape index (κ2) is 5.48. The molecule has 20 heavy (non-hydrogen) atoms. The molecule has 0 aliphatic carbocycles. The van der Waals surface area contributed by atoms with E-state index in [-0.39, 0.29) is 6.04 Å². The second-order valence-electron chi connectivity index (χ2n) is 4.41. The second-order valence-corrected chi connectivity index (χ2v) is 4.41. The van der Waals surface area contributed by atoms with Crippen LogP contribution < -0.4 is 5.32 Å². The lowest BCUT2D eigenvalue weighted by Crippen LogP contribution is -2.09. The van der Waals surface area contributed by atoms with Crippen LogP contribution >= 0.6 is 0 Å². The number of nitrogens with one attached hydrogen (secondary N) is 2. The third-order valence-corrected chi connectivity index (χ3v) is 2.99. The number of rotatable bonds is 4. The van der Waals surface area contributed by atoms with Crippen molar-refractivity contribution in [3.05, 3.63) is 54.6 Å². The van der Waals surface area contributed by atoms with Crippen LogP contribution in [0, 0.1) is 0 Å². The molecule has 1 atom stereocenters. The van der Waals surface area contributed by atoms with Gasteiger partial charge in [0, 0.05) is 12.4 Å². The predicted octanol–water partition coefficient (Wildman–Crippen LogP) is 2.43. The van der Waals surface area contributed by atoms with E-state index in [1.54, 1.807) is 12.4 Å². The largest absolute Gasteiger partial charge is 0.348 e. The first-order valence-electron chi connectivity index (χ1n) is 6.32. The van der Waals surface area contributed by atoms with Crippen LogP contribution in [0.2, 0.25) is 0 Å². The van der Waals surface area contributed by atoms with Gasteiger partial charge in [-0.3, -0.25) is 5.10 Å². The van der Waals surface area contributed by atoms with Gasteiger partial charge in [0.1, 0.15) is 6.33 Å². The smallest absolute Gasteiger partial charge is 0.223 e. The van der Waals surface area contributed by atoms with Crippen molar-refractivity contribution < 1.29 is 0 Å². The van der Waals surface area contributed by atoms with Crippen molar-refractivity contribution in [2.24, 2.45) is 0 Å². The topological polar surface area (TPSA) is 79.4 Å². The number of nitrogens with zero attached hydrogens (tertiary/aromatic N) is 4. The number of hydrogen-bond donors (Lipinski definition) is 2. The van der Waals surface area contributed by atoms with E-state index in [0.717, 1.165) is 5.56 Å². The fourth-order valence-electron chi connectivity index (χ4n) is 1.89. The predicted molar refractivity (Wildman–Crippen MR) is 75.9 cm³/mol. The van der Waals surface area contributed by atoms with Crippen molar-refractivity contribution in [1.29, 1.82) is 0 Å². The minimum absolute atomic E-state index is 0.146. The number of anilines is 1. The summed E-state index contributed by atoms with van der Waals surface area (Å²) in [5.41, 5.74) is 2.00. The normalized spacial score (nSPS) is 12.1. The summed E-state index contributed by atoms with van der Waals surface area (Å²) in [5, 5.41) is 9.84. The molecule has 0 aliphatic rings. The van der Waals surface area contributed by atoms with Gasteiger partial charge in [-0.05, 0) is 12.5 Å². The average molecular weight is 266 g/mol. The fourth-order valence-corrected chi connectivity index (χ4v) is 1.89. The summed E-state index contributed by atoms with van der Waals surface area (Å²) in [5.74, 6) is 1.25. The molecule has 0 spiro atoms. The molecule has 0 fully saturated rings. The summed E-state index contributed by atoms with van der Waals surface area (Å²) >= 11 is 0. The molecule has 0 amide bonds. The van der Waals surface area contributed by atoms with Gasteiger partial charge in [-0.25, -0.2) is 15.0 Å². The Kier molecular flexibility index (Phi) is 3.36. The summed E-state index contributed by atoms with van der Waals surface area (Å²) < 4.78 is 0. The first kappa shape index (κ1) is 12.3. The van der Waals surface area contributed by atoms with E-state index >= 15 is 0 Å². The lowest BCUT2D eigenvalue weighted by molar-refractivity contribution is 0.860. The highest BCUT2D eigenvalue weighted by Gasteiger charge is 2.07. The number of aromatic amines is 1. The van der Waals surface area contributed by atoms with Gasteiger partial charge in [0.2, 0.25) is 5.95 Å². The molecular weight excluding hydrogens is 252 g/mol. The molecule has 0 saturated heterocycles. The summed E-state index contributed by atoms with van der Waals surface area (Å²) in [6.45, 7) is 2.07. The Bertz CT molecular complexity index is 648. The third-order valence-electron chi connectivity index (χ3n) is 2.99. The van der Waals surface area contributed by atoms with E-state index in [2.05, 4.69) is 49.5 Å². The standard InChI is InChI=1S/C14H14N6/c1-10(11-5-3-2-4-6-11)19-14-15-7-12(8-16-14)13-17-9-18-20-13/h2-10H,1H3,(H,15,16,19)(H,17,18,20). The van der Waals surface area contributed by atoms with E-state index in [9.17, 15) is 0 Å². The Morgan fingerprint density at radius 1 is 1.05 bits per heavy atom. The maximum absolute atomic E-state index is 4.29. The molecule has 0 saturated carbocycles. The molecule has 3 aromatic rings. The highest BCUT2D eigenvalue weighted by atomic mass is 15.2. The van der Waals surface area contributed by atoms with Gasteiger partial charge in [-0.15, -0.1) is 0 Å². The minimum atomic E-state index is 0.146. The quantitative estimate of drug-likeness (QED) is 0.758. The van der Waals surface area contributed by atoms with Crippen LogP contribution in [0.4, 0.5) is 5.95 Å². The highest BCUT2D eigenvalue weighted by Crippen LogP contribution is 2.17. The minimum Gasteiger partial charge on any atom is -0.348 e. The molecular formula is C14H14N6. The van der Waals surface area contributed by atoms with Crippen molar-refractivity contribution in [3.63, 3.8) is 0 Å². The van der Waals surface area contributed by atoms with Crippen LogP contribution in [0.25, 0.3) is 11.4 Å². The van der Waals surface area contributed by atoms with E-state index in [1.165, 1.54) is 11.9 Å². The molecule has 2 aromatic heterocycles. The zero-order chi connectivity index (χ0) is 13.8. The summed E-state index contributed by atoms with van der Waals surface area (Å²) in [7, 11) is 0.